The van der Waals surface area contributed by atoms with E-state index in [4.69, 9.17) is 14.2 Å². The molecule has 0 N–H and O–H groups in total. The van der Waals surface area contributed by atoms with Gasteiger partial charge in [0.25, 0.3) is 0 Å². The van der Waals surface area contributed by atoms with Crippen LogP contribution in [0.5, 0.6) is 17.2 Å². The highest BCUT2D eigenvalue weighted by atomic mass is 16.5. The van der Waals surface area contributed by atoms with Crippen LogP contribution < -0.4 is 14.2 Å². The first kappa shape index (κ1) is 29.3. The van der Waals surface area contributed by atoms with Crippen LogP contribution in [0.3, 0.4) is 0 Å². The van der Waals surface area contributed by atoms with E-state index < -0.39 is 12.1 Å². The maximum absolute atomic E-state index is 13.5. The molecule has 0 bridgehead atoms. The van der Waals surface area contributed by atoms with Crippen molar-refractivity contribution in [1.29, 1.82) is 0 Å². The van der Waals surface area contributed by atoms with Crippen LogP contribution in [0.2, 0.25) is 0 Å². The van der Waals surface area contributed by atoms with Gasteiger partial charge in [0.2, 0.25) is 17.6 Å². The molecule has 208 valence electrons. The summed E-state index contributed by atoms with van der Waals surface area (Å²) in [6, 6.07) is 11.0. The van der Waals surface area contributed by atoms with Gasteiger partial charge in [-0.25, -0.2) is 0 Å². The predicted molar refractivity (Wildman–Crippen MR) is 151 cm³/mol. The van der Waals surface area contributed by atoms with Crippen LogP contribution in [0.1, 0.15) is 58.4 Å². The average Bonchev–Trinajstić information content (AvgIpc) is 2.92. The summed E-state index contributed by atoms with van der Waals surface area (Å²) in [7, 11) is 6.52. The van der Waals surface area contributed by atoms with E-state index in [1.807, 2.05) is 43.3 Å². The molecule has 7 heteroatoms. The summed E-state index contributed by atoms with van der Waals surface area (Å²) in [4.78, 5) is 29.9. The van der Waals surface area contributed by atoms with Gasteiger partial charge in [-0.15, -0.1) is 0 Å². The Bertz CT molecular complexity index is 1060. The van der Waals surface area contributed by atoms with Crippen LogP contribution in [0, 0.1) is 5.92 Å². The standard InChI is InChI=1S/C31H44N2O5/c1-21(2)12-10-8-9-11-17-33-22(3)30(34)32(4)26(31(33)35)18-23-13-15-24(16-14-23)25-19-27(36-5)29(38-7)28(20-25)37-6/h13-16,19-22,26H,8-12,17-18H2,1-7H3/t22-,26-/m0/s1. The lowest BCUT2D eigenvalue weighted by molar-refractivity contribution is -0.159. The molecule has 38 heavy (non-hydrogen) atoms. The van der Waals surface area contributed by atoms with Crippen molar-refractivity contribution < 1.29 is 23.8 Å². The zero-order chi connectivity index (χ0) is 27.8. The molecule has 2 aromatic carbocycles. The van der Waals surface area contributed by atoms with Crippen LogP contribution in [0.25, 0.3) is 11.1 Å². The lowest BCUT2D eigenvalue weighted by Crippen LogP contribution is -2.63. The van der Waals surface area contributed by atoms with Gasteiger partial charge >= 0.3 is 0 Å². The van der Waals surface area contributed by atoms with Crippen LogP contribution in [0.4, 0.5) is 0 Å². The lowest BCUT2D eigenvalue weighted by Gasteiger charge is -2.42. The Hall–Kier alpha value is -3.22. The summed E-state index contributed by atoms with van der Waals surface area (Å²) in [5.41, 5.74) is 2.92. The van der Waals surface area contributed by atoms with Crippen molar-refractivity contribution in [1.82, 2.24) is 9.80 Å². The second-order valence-electron chi connectivity index (χ2n) is 10.6. The molecule has 1 aliphatic heterocycles. The molecule has 0 spiro atoms. The SMILES string of the molecule is COc1cc(-c2ccc(C[C@H]3C(=O)N(CCCCCCC(C)C)[C@@H](C)C(=O)N3C)cc2)cc(OC)c1OC. The number of hydrogen-bond acceptors (Lipinski definition) is 5. The van der Waals surface area contributed by atoms with Crippen LogP contribution in [0.15, 0.2) is 36.4 Å². The third-order valence-electron chi connectivity index (χ3n) is 7.52. The number of ether oxygens (including phenoxy) is 3. The van der Waals surface area contributed by atoms with Gasteiger partial charge < -0.3 is 24.0 Å². The number of carbonyl (C=O) groups is 2. The van der Waals surface area contributed by atoms with Gasteiger partial charge in [-0.3, -0.25) is 9.59 Å². The molecule has 0 aliphatic carbocycles. The van der Waals surface area contributed by atoms with Gasteiger partial charge in [0, 0.05) is 20.0 Å². The minimum absolute atomic E-state index is 0.00320. The Balaban J connectivity index is 1.70. The molecule has 0 radical (unpaired) electrons. The van der Waals surface area contributed by atoms with Crippen molar-refractivity contribution in [2.75, 3.05) is 34.9 Å². The Morgan fingerprint density at radius 1 is 0.816 bits per heavy atom. The molecule has 1 aliphatic rings. The third kappa shape index (κ3) is 6.80. The number of benzene rings is 2. The molecule has 2 atom stereocenters. The molecule has 1 saturated heterocycles. The summed E-state index contributed by atoms with van der Waals surface area (Å²) in [6.45, 7) is 6.98. The minimum Gasteiger partial charge on any atom is -0.493 e. The summed E-state index contributed by atoms with van der Waals surface area (Å²) < 4.78 is 16.4. The number of likely N-dealkylation sites (N-methyl/N-ethyl adjacent to an activating group) is 1. The molecular formula is C31H44N2O5. The molecule has 2 aromatic rings. The highest BCUT2D eigenvalue weighted by Crippen LogP contribution is 2.41. The van der Waals surface area contributed by atoms with E-state index in [1.54, 1.807) is 38.2 Å². The van der Waals surface area contributed by atoms with Gasteiger partial charge in [0.1, 0.15) is 12.1 Å². The predicted octanol–water partition coefficient (Wildman–Crippen LogP) is 5.59. The maximum atomic E-state index is 13.5. The lowest BCUT2D eigenvalue weighted by atomic mass is 9.96. The normalized spacial score (nSPS) is 17.8. The quantitative estimate of drug-likeness (QED) is 0.320. The van der Waals surface area contributed by atoms with Crippen molar-refractivity contribution in [3.63, 3.8) is 0 Å². The molecule has 0 aromatic heterocycles. The first-order chi connectivity index (χ1) is 18.2. The number of methoxy groups -OCH3 is 3. The summed E-state index contributed by atoms with van der Waals surface area (Å²) >= 11 is 0. The first-order valence-corrected chi connectivity index (χ1v) is 13.7. The molecule has 1 fully saturated rings. The van der Waals surface area contributed by atoms with Crippen molar-refractivity contribution in [3.8, 4) is 28.4 Å². The van der Waals surface area contributed by atoms with E-state index in [0.717, 1.165) is 35.4 Å². The largest absolute Gasteiger partial charge is 0.493 e. The molecule has 0 unspecified atom stereocenters. The van der Waals surface area contributed by atoms with Gasteiger partial charge in [-0.05, 0) is 48.1 Å². The Kier molecular flexibility index (Phi) is 10.5. The fourth-order valence-corrected chi connectivity index (χ4v) is 5.15. The highest BCUT2D eigenvalue weighted by Gasteiger charge is 2.41. The molecule has 7 nitrogen and oxygen atoms in total. The van der Waals surface area contributed by atoms with Gasteiger partial charge in [-0.1, -0.05) is 63.8 Å². The van der Waals surface area contributed by atoms with E-state index in [-0.39, 0.29) is 11.8 Å². The fraction of sp³-hybridized carbons (Fsp3) is 0.548. The van der Waals surface area contributed by atoms with Gasteiger partial charge in [-0.2, -0.15) is 0 Å². The fourth-order valence-electron chi connectivity index (χ4n) is 5.15. The van der Waals surface area contributed by atoms with Crippen molar-refractivity contribution in [3.05, 3.63) is 42.0 Å². The van der Waals surface area contributed by atoms with E-state index in [1.165, 1.54) is 19.3 Å². The summed E-state index contributed by atoms with van der Waals surface area (Å²) in [5.74, 6) is 2.50. The monoisotopic (exact) mass is 524 g/mol. The Morgan fingerprint density at radius 3 is 1.97 bits per heavy atom. The Labute approximate surface area is 228 Å². The third-order valence-corrected chi connectivity index (χ3v) is 7.52. The second-order valence-corrected chi connectivity index (χ2v) is 10.6. The second kappa shape index (κ2) is 13.5. The number of carbonyl (C=O) groups excluding carboxylic acids is 2. The van der Waals surface area contributed by atoms with Crippen LogP contribution in [-0.2, 0) is 16.0 Å². The number of amides is 2. The van der Waals surface area contributed by atoms with Gasteiger partial charge in [0.15, 0.2) is 11.5 Å². The molecule has 1 heterocycles. The topological polar surface area (TPSA) is 68.3 Å². The number of piperazine rings is 1. The highest BCUT2D eigenvalue weighted by molar-refractivity contribution is 5.96. The summed E-state index contributed by atoms with van der Waals surface area (Å²) in [6.07, 6.45) is 6.13. The van der Waals surface area contributed by atoms with Crippen molar-refractivity contribution in [2.24, 2.45) is 5.92 Å². The van der Waals surface area contributed by atoms with E-state index in [9.17, 15) is 9.59 Å². The van der Waals surface area contributed by atoms with E-state index in [2.05, 4.69) is 13.8 Å². The van der Waals surface area contributed by atoms with Crippen molar-refractivity contribution in [2.45, 2.75) is 71.4 Å². The number of hydrogen-bond donors (Lipinski definition) is 0. The smallest absolute Gasteiger partial charge is 0.246 e. The molecule has 2 amide bonds. The molecular weight excluding hydrogens is 480 g/mol. The minimum atomic E-state index is -0.494. The summed E-state index contributed by atoms with van der Waals surface area (Å²) in [5, 5.41) is 0. The Morgan fingerprint density at radius 2 is 1.42 bits per heavy atom. The van der Waals surface area contributed by atoms with Crippen LogP contribution >= 0.6 is 0 Å². The van der Waals surface area contributed by atoms with E-state index >= 15 is 0 Å². The zero-order valence-corrected chi connectivity index (χ0v) is 24.1. The van der Waals surface area contributed by atoms with Crippen molar-refractivity contribution >= 4 is 11.8 Å². The number of nitrogens with zero attached hydrogens (tertiary/aromatic N) is 2. The average molecular weight is 525 g/mol. The van der Waals surface area contributed by atoms with E-state index in [0.29, 0.717) is 30.2 Å². The number of rotatable bonds is 13. The van der Waals surface area contributed by atoms with Crippen LogP contribution in [-0.4, -0.2) is 68.6 Å². The zero-order valence-electron chi connectivity index (χ0n) is 24.1. The number of unbranched alkanes of at least 4 members (excludes halogenated alkanes) is 3. The first-order valence-electron chi connectivity index (χ1n) is 13.7. The molecule has 0 saturated carbocycles. The maximum Gasteiger partial charge on any atom is 0.246 e. The molecule has 3 rings (SSSR count). The van der Waals surface area contributed by atoms with Gasteiger partial charge in [0.05, 0.1) is 21.3 Å².